The molecule has 0 fully saturated rings. The van der Waals surface area contributed by atoms with Crippen molar-refractivity contribution >= 4 is 17.7 Å². The lowest BCUT2D eigenvalue weighted by Crippen LogP contribution is -2.46. The number of nitrogens with one attached hydrogen (secondary N) is 1. The molecule has 0 aromatic heterocycles. The normalized spacial score (nSPS) is 14.4. The van der Waals surface area contributed by atoms with Crippen molar-refractivity contribution < 1.29 is 14.8 Å². The van der Waals surface area contributed by atoms with Crippen LogP contribution in [0.15, 0.2) is 24.3 Å². The van der Waals surface area contributed by atoms with E-state index in [-0.39, 0.29) is 0 Å². The Balaban J connectivity index is 3.26. The third-order valence-corrected chi connectivity index (χ3v) is 3.19. The molecule has 1 aromatic rings. The van der Waals surface area contributed by atoms with Crippen LogP contribution in [0.2, 0.25) is 5.02 Å². The van der Waals surface area contributed by atoms with Crippen LogP contribution in [0.5, 0.6) is 0 Å². The Morgan fingerprint density at radius 1 is 1.35 bits per heavy atom. The van der Waals surface area contributed by atoms with Gasteiger partial charge in [0.2, 0.25) is 6.04 Å². The molecule has 6 nitrogen and oxygen atoms in total. The minimum absolute atomic E-state index is 0.449. The van der Waals surface area contributed by atoms with Gasteiger partial charge >= 0.3 is 6.09 Å². The second-order valence-electron chi connectivity index (χ2n) is 5.57. The van der Waals surface area contributed by atoms with Crippen LogP contribution in [0.3, 0.4) is 0 Å². The fraction of sp³-hybridized carbons (Fsp3) is 0.462. The molecule has 0 heterocycles. The van der Waals surface area contributed by atoms with E-state index in [1.807, 2.05) is 0 Å². The molecule has 20 heavy (non-hydrogen) atoms. The first kappa shape index (κ1) is 16.2. The summed E-state index contributed by atoms with van der Waals surface area (Å²) >= 11 is 5.78. The van der Waals surface area contributed by atoms with Gasteiger partial charge < -0.3 is 10.4 Å². The van der Waals surface area contributed by atoms with Gasteiger partial charge in [-0.3, -0.25) is 10.1 Å². The summed E-state index contributed by atoms with van der Waals surface area (Å²) in [5.41, 5.74) is -0.204. The Morgan fingerprint density at radius 3 is 2.20 bits per heavy atom. The molecule has 110 valence electrons. The van der Waals surface area contributed by atoms with Crippen LogP contribution in [0.25, 0.3) is 0 Å². The minimum Gasteiger partial charge on any atom is -0.465 e. The highest BCUT2D eigenvalue weighted by Gasteiger charge is 2.43. The molecule has 7 heteroatoms. The van der Waals surface area contributed by atoms with E-state index in [9.17, 15) is 14.9 Å². The van der Waals surface area contributed by atoms with E-state index >= 15 is 0 Å². The lowest BCUT2D eigenvalue weighted by atomic mass is 9.80. The molecule has 0 radical (unpaired) electrons. The van der Waals surface area contributed by atoms with E-state index in [0.29, 0.717) is 10.6 Å². The largest absolute Gasteiger partial charge is 0.465 e. The standard InChI is InChI=1S/C13H17ClN2O4/c1-13(2,3)11(16(19)20)10(15-12(17)18)8-4-6-9(14)7-5-8/h4-7,10-11,15H,1-3H3,(H,17,18)/t10?,11-/m1/s1. The van der Waals surface area contributed by atoms with Gasteiger partial charge in [0.15, 0.2) is 0 Å². The SMILES string of the molecule is CC(C)(C)[C@@H](C(NC(=O)O)c1ccc(Cl)cc1)[N+](=O)[O-]. The quantitative estimate of drug-likeness (QED) is 0.659. The second-order valence-corrected chi connectivity index (χ2v) is 6.01. The molecule has 0 saturated heterocycles. The van der Waals surface area contributed by atoms with Gasteiger partial charge in [0.05, 0.1) is 0 Å². The van der Waals surface area contributed by atoms with E-state index in [4.69, 9.17) is 16.7 Å². The average molecular weight is 301 g/mol. The Bertz CT molecular complexity index is 496. The highest BCUT2D eigenvalue weighted by molar-refractivity contribution is 6.30. The molecule has 0 aliphatic rings. The van der Waals surface area contributed by atoms with Crippen LogP contribution in [0, 0.1) is 15.5 Å². The number of carbonyl (C=O) groups is 1. The Morgan fingerprint density at radius 2 is 1.85 bits per heavy atom. The van der Waals surface area contributed by atoms with Crippen molar-refractivity contribution in [2.75, 3.05) is 0 Å². The number of nitro groups is 1. The Hall–Kier alpha value is -1.82. The Labute approximate surface area is 121 Å². The van der Waals surface area contributed by atoms with Crippen molar-refractivity contribution in [2.24, 2.45) is 5.41 Å². The first-order valence-electron chi connectivity index (χ1n) is 6.01. The minimum atomic E-state index is -1.30. The zero-order valence-corrected chi connectivity index (χ0v) is 12.2. The van der Waals surface area contributed by atoms with Crippen LogP contribution < -0.4 is 5.32 Å². The monoisotopic (exact) mass is 300 g/mol. The second kappa shape index (κ2) is 6.09. The molecule has 0 aliphatic heterocycles. The van der Waals surface area contributed by atoms with Crippen LogP contribution in [-0.4, -0.2) is 22.2 Å². The third kappa shape index (κ3) is 4.09. The van der Waals surface area contributed by atoms with Gasteiger partial charge in [-0.1, -0.05) is 44.5 Å². The zero-order chi connectivity index (χ0) is 15.5. The van der Waals surface area contributed by atoms with E-state index < -0.39 is 28.5 Å². The summed E-state index contributed by atoms with van der Waals surface area (Å²) in [7, 11) is 0. The summed E-state index contributed by atoms with van der Waals surface area (Å²) in [6.07, 6.45) is -1.30. The maximum absolute atomic E-state index is 11.4. The maximum Gasteiger partial charge on any atom is 0.405 e. The molecule has 0 bridgehead atoms. The van der Waals surface area contributed by atoms with Crippen molar-refractivity contribution in [2.45, 2.75) is 32.9 Å². The summed E-state index contributed by atoms with van der Waals surface area (Å²) in [4.78, 5) is 21.9. The summed E-state index contributed by atoms with van der Waals surface area (Å²) in [5, 5.41) is 23.0. The summed E-state index contributed by atoms with van der Waals surface area (Å²) in [5.74, 6) is 0. The van der Waals surface area contributed by atoms with Crippen molar-refractivity contribution in [1.82, 2.24) is 5.32 Å². The fourth-order valence-corrected chi connectivity index (χ4v) is 2.21. The highest BCUT2D eigenvalue weighted by atomic mass is 35.5. The lowest BCUT2D eigenvalue weighted by Gasteiger charge is -2.30. The summed E-state index contributed by atoms with van der Waals surface area (Å²) in [6, 6.07) is 4.29. The number of amides is 1. The molecule has 1 amide bonds. The van der Waals surface area contributed by atoms with Gasteiger partial charge in [0.25, 0.3) is 0 Å². The first-order valence-corrected chi connectivity index (χ1v) is 6.39. The van der Waals surface area contributed by atoms with Crippen LogP contribution in [0.1, 0.15) is 32.4 Å². The average Bonchev–Trinajstić information content (AvgIpc) is 2.26. The molecular formula is C13H17ClN2O4. The number of rotatable bonds is 4. The number of carboxylic acid groups (broad SMARTS) is 1. The smallest absolute Gasteiger partial charge is 0.405 e. The number of hydrogen-bond donors (Lipinski definition) is 2. The van der Waals surface area contributed by atoms with Crippen molar-refractivity contribution in [3.05, 3.63) is 45.0 Å². The van der Waals surface area contributed by atoms with E-state index in [2.05, 4.69) is 5.32 Å². The first-order chi connectivity index (χ1) is 9.12. The zero-order valence-electron chi connectivity index (χ0n) is 11.5. The number of hydrogen-bond acceptors (Lipinski definition) is 3. The molecule has 1 unspecified atom stereocenters. The molecule has 1 rings (SSSR count). The predicted molar refractivity (Wildman–Crippen MR) is 75.6 cm³/mol. The maximum atomic E-state index is 11.4. The molecule has 0 aliphatic carbocycles. The fourth-order valence-electron chi connectivity index (χ4n) is 2.09. The number of benzene rings is 1. The van der Waals surface area contributed by atoms with E-state index in [0.717, 1.165) is 0 Å². The van der Waals surface area contributed by atoms with Gasteiger partial charge in [-0.15, -0.1) is 0 Å². The highest BCUT2D eigenvalue weighted by Crippen LogP contribution is 2.32. The molecular weight excluding hydrogens is 284 g/mol. The van der Waals surface area contributed by atoms with Gasteiger partial charge in [-0.25, -0.2) is 4.79 Å². The van der Waals surface area contributed by atoms with E-state index in [1.165, 1.54) is 0 Å². The summed E-state index contributed by atoms with van der Waals surface area (Å²) < 4.78 is 0. The molecule has 2 N–H and O–H groups in total. The summed E-state index contributed by atoms with van der Waals surface area (Å²) in [6.45, 7) is 5.10. The van der Waals surface area contributed by atoms with Crippen molar-refractivity contribution in [3.63, 3.8) is 0 Å². The van der Waals surface area contributed by atoms with E-state index in [1.54, 1.807) is 45.0 Å². The third-order valence-electron chi connectivity index (χ3n) is 2.94. The van der Waals surface area contributed by atoms with Crippen LogP contribution in [-0.2, 0) is 0 Å². The van der Waals surface area contributed by atoms with Crippen molar-refractivity contribution in [1.29, 1.82) is 0 Å². The number of halogens is 1. The van der Waals surface area contributed by atoms with Crippen molar-refractivity contribution in [3.8, 4) is 0 Å². The van der Waals surface area contributed by atoms with Gasteiger partial charge in [-0.2, -0.15) is 0 Å². The topological polar surface area (TPSA) is 92.5 Å². The lowest BCUT2D eigenvalue weighted by molar-refractivity contribution is -0.545. The molecule has 2 atom stereocenters. The Kier molecular flexibility index (Phi) is 4.94. The van der Waals surface area contributed by atoms with Crippen LogP contribution in [0.4, 0.5) is 4.79 Å². The van der Waals surface area contributed by atoms with Gasteiger partial charge in [-0.05, 0) is 17.7 Å². The van der Waals surface area contributed by atoms with Gasteiger partial charge in [0.1, 0.15) is 6.04 Å². The van der Waals surface area contributed by atoms with Crippen LogP contribution >= 0.6 is 11.6 Å². The predicted octanol–water partition coefficient (Wildman–Crippen LogP) is 3.34. The molecule has 0 saturated carbocycles. The number of nitrogens with zero attached hydrogens (tertiary/aromatic N) is 1. The molecule has 0 spiro atoms. The van der Waals surface area contributed by atoms with Gasteiger partial charge in [0, 0.05) is 15.4 Å². The molecule has 1 aromatic carbocycles.